The number of hydrogen-bond acceptors (Lipinski definition) is 4. The molecule has 2 unspecified atom stereocenters. The Morgan fingerprint density at radius 1 is 1.25 bits per heavy atom. The highest BCUT2D eigenvalue weighted by atomic mass is 32.1. The fourth-order valence-electron chi connectivity index (χ4n) is 3.11. The number of nitrogens with one attached hydrogen (secondary N) is 2. The third-order valence-electron chi connectivity index (χ3n) is 4.46. The summed E-state index contributed by atoms with van der Waals surface area (Å²) in [6.45, 7) is 0.545. The zero-order valence-corrected chi connectivity index (χ0v) is 14.4. The lowest BCUT2D eigenvalue weighted by Gasteiger charge is -2.30. The highest BCUT2D eigenvalue weighted by Gasteiger charge is 2.25. The molecule has 24 heavy (non-hydrogen) atoms. The smallest absolute Gasteiger partial charge is 0.315 e. The van der Waals surface area contributed by atoms with Crippen molar-refractivity contribution in [3.05, 3.63) is 41.4 Å². The van der Waals surface area contributed by atoms with Crippen LogP contribution >= 0.6 is 11.3 Å². The van der Waals surface area contributed by atoms with Crippen LogP contribution in [0.25, 0.3) is 10.6 Å². The molecule has 0 aliphatic heterocycles. The molecule has 128 valence electrons. The van der Waals surface area contributed by atoms with Crippen LogP contribution in [0.15, 0.2) is 35.7 Å². The molecule has 3 N–H and O–H groups in total. The summed E-state index contributed by atoms with van der Waals surface area (Å²) < 4.78 is 0. The molecule has 0 saturated heterocycles. The lowest BCUT2D eigenvalue weighted by atomic mass is 9.85. The van der Waals surface area contributed by atoms with Crippen LogP contribution in [0.1, 0.15) is 31.4 Å². The molecule has 2 aromatic rings. The van der Waals surface area contributed by atoms with Crippen molar-refractivity contribution < 1.29 is 9.90 Å². The second-order valence-electron chi connectivity index (χ2n) is 6.17. The molecular formula is C18H23N3O2S. The third kappa shape index (κ3) is 4.33. The summed E-state index contributed by atoms with van der Waals surface area (Å²) in [7, 11) is 0. The number of thiazole rings is 1. The standard InChI is InChI=1S/C18H23N3O2S/c22-11-14-8-4-5-9-16(14)21-18(23)19-10-15-12-24-17(20-15)13-6-2-1-3-7-13/h1-3,6-7,12,14,16,22H,4-5,8-11H2,(H2,19,21,23). The fraction of sp³-hybridized carbons (Fsp3) is 0.444. The molecule has 1 aromatic heterocycles. The maximum absolute atomic E-state index is 12.1. The van der Waals surface area contributed by atoms with Crippen molar-refractivity contribution in [3.8, 4) is 10.6 Å². The average Bonchev–Trinajstić information content (AvgIpc) is 3.10. The molecule has 1 aromatic carbocycles. The minimum absolute atomic E-state index is 0.0686. The van der Waals surface area contributed by atoms with Crippen LogP contribution in [0.2, 0.25) is 0 Å². The molecule has 1 aliphatic rings. The van der Waals surface area contributed by atoms with Crippen LogP contribution < -0.4 is 10.6 Å². The van der Waals surface area contributed by atoms with E-state index in [2.05, 4.69) is 15.6 Å². The molecule has 1 fully saturated rings. The Balaban J connectivity index is 1.50. The van der Waals surface area contributed by atoms with Gasteiger partial charge in [-0.15, -0.1) is 11.3 Å². The van der Waals surface area contributed by atoms with Gasteiger partial charge in [-0.1, -0.05) is 43.2 Å². The van der Waals surface area contributed by atoms with Gasteiger partial charge in [-0.05, 0) is 12.8 Å². The summed E-state index contributed by atoms with van der Waals surface area (Å²) in [6, 6.07) is 9.90. The molecule has 0 spiro atoms. The largest absolute Gasteiger partial charge is 0.396 e. The second kappa shape index (κ2) is 8.26. The van der Waals surface area contributed by atoms with E-state index in [0.29, 0.717) is 6.54 Å². The van der Waals surface area contributed by atoms with Crippen molar-refractivity contribution in [3.63, 3.8) is 0 Å². The van der Waals surface area contributed by atoms with Gasteiger partial charge in [-0.2, -0.15) is 0 Å². The highest BCUT2D eigenvalue weighted by Crippen LogP contribution is 2.24. The lowest BCUT2D eigenvalue weighted by molar-refractivity contribution is 0.153. The van der Waals surface area contributed by atoms with Gasteiger partial charge in [-0.25, -0.2) is 9.78 Å². The molecule has 1 saturated carbocycles. The van der Waals surface area contributed by atoms with E-state index in [9.17, 15) is 9.90 Å². The number of amides is 2. The van der Waals surface area contributed by atoms with Gasteiger partial charge in [0.15, 0.2) is 0 Å². The number of carbonyl (C=O) groups excluding carboxylic acids is 1. The molecule has 0 bridgehead atoms. The quantitative estimate of drug-likeness (QED) is 0.779. The predicted molar refractivity (Wildman–Crippen MR) is 95.8 cm³/mol. The molecule has 5 nitrogen and oxygen atoms in total. The Morgan fingerprint density at radius 2 is 2.04 bits per heavy atom. The first-order valence-corrected chi connectivity index (χ1v) is 9.29. The summed E-state index contributed by atoms with van der Waals surface area (Å²) >= 11 is 1.58. The van der Waals surface area contributed by atoms with E-state index in [-0.39, 0.29) is 24.6 Å². The Kier molecular flexibility index (Phi) is 5.82. The van der Waals surface area contributed by atoms with Crippen LogP contribution in [0.3, 0.4) is 0 Å². The average molecular weight is 345 g/mol. The van der Waals surface area contributed by atoms with E-state index in [1.54, 1.807) is 11.3 Å². The second-order valence-corrected chi connectivity index (χ2v) is 7.03. The van der Waals surface area contributed by atoms with Crippen LogP contribution in [-0.4, -0.2) is 28.8 Å². The molecule has 3 rings (SSSR count). The van der Waals surface area contributed by atoms with E-state index in [1.165, 1.54) is 0 Å². The van der Waals surface area contributed by atoms with Crippen molar-refractivity contribution in [2.24, 2.45) is 5.92 Å². The summed E-state index contributed by atoms with van der Waals surface area (Å²) in [6.07, 6.45) is 4.15. The number of rotatable bonds is 5. The van der Waals surface area contributed by atoms with E-state index >= 15 is 0 Å². The third-order valence-corrected chi connectivity index (χ3v) is 5.40. The van der Waals surface area contributed by atoms with Crippen molar-refractivity contribution in [2.75, 3.05) is 6.61 Å². The Bertz CT molecular complexity index is 659. The number of nitrogens with zero attached hydrogens (tertiary/aromatic N) is 1. The summed E-state index contributed by atoms with van der Waals surface area (Å²) in [5.74, 6) is 0.174. The van der Waals surface area contributed by atoms with Gasteiger partial charge in [-0.3, -0.25) is 0 Å². The highest BCUT2D eigenvalue weighted by molar-refractivity contribution is 7.13. The summed E-state index contributed by atoms with van der Waals surface area (Å²) in [5.41, 5.74) is 1.95. The first-order chi connectivity index (χ1) is 11.8. The Labute approximate surface area is 146 Å². The first-order valence-electron chi connectivity index (χ1n) is 8.41. The van der Waals surface area contributed by atoms with E-state index in [1.807, 2.05) is 35.7 Å². The van der Waals surface area contributed by atoms with Crippen molar-refractivity contribution in [1.29, 1.82) is 0 Å². The van der Waals surface area contributed by atoms with Gasteiger partial charge < -0.3 is 15.7 Å². The normalized spacial score (nSPS) is 20.5. The number of benzene rings is 1. The number of hydrogen-bond donors (Lipinski definition) is 3. The van der Waals surface area contributed by atoms with Crippen molar-refractivity contribution in [1.82, 2.24) is 15.6 Å². The topological polar surface area (TPSA) is 74.2 Å². The maximum atomic E-state index is 12.1. The zero-order chi connectivity index (χ0) is 16.8. The van der Waals surface area contributed by atoms with E-state index < -0.39 is 0 Å². The fourth-order valence-corrected chi connectivity index (χ4v) is 3.93. The molecule has 1 aliphatic carbocycles. The molecule has 6 heteroatoms. The minimum atomic E-state index is -0.186. The van der Waals surface area contributed by atoms with Gasteiger partial charge in [0.2, 0.25) is 0 Å². The van der Waals surface area contributed by atoms with Gasteiger partial charge in [0.25, 0.3) is 0 Å². The molecule has 0 radical (unpaired) electrons. The molecule has 1 heterocycles. The van der Waals surface area contributed by atoms with Crippen molar-refractivity contribution in [2.45, 2.75) is 38.3 Å². The Morgan fingerprint density at radius 3 is 2.83 bits per heavy atom. The van der Waals surface area contributed by atoms with Gasteiger partial charge in [0, 0.05) is 29.5 Å². The number of aliphatic hydroxyl groups excluding tert-OH is 1. The monoisotopic (exact) mass is 345 g/mol. The summed E-state index contributed by atoms with van der Waals surface area (Å²) in [5, 5.41) is 18.2. The van der Waals surface area contributed by atoms with Crippen LogP contribution in [0, 0.1) is 5.92 Å². The summed E-state index contributed by atoms with van der Waals surface area (Å²) in [4.78, 5) is 16.7. The number of carbonyl (C=O) groups is 1. The maximum Gasteiger partial charge on any atom is 0.315 e. The number of aromatic nitrogens is 1. The number of urea groups is 1. The molecule has 2 amide bonds. The first kappa shape index (κ1) is 16.9. The van der Waals surface area contributed by atoms with Crippen LogP contribution in [0.5, 0.6) is 0 Å². The van der Waals surface area contributed by atoms with E-state index in [4.69, 9.17) is 0 Å². The molecular weight excluding hydrogens is 322 g/mol. The minimum Gasteiger partial charge on any atom is -0.396 e. The van der Waals surface area contributed by atoms with Crippen LogP contribution in [-0.2, 0) is 6.54 Å². The predicted octanol–water partition coefficient (Wildman–Crippen LogP) is 3.16. The lowest BCUT2D eigenvalue weighted by Crippen LogP contribution is -2.47. The number of aliphatic hydroxyl groups is 1. The van der Waals surface area contributed by atoms with Gasteiger partial charge >= 0.3 is 6.03 Å². The van der Waals surface area contributed by atoms with Gasteiger partial charge in [0.05, 0.1) is 12.2 Å². The van der Waals surface area contributed by atoms with Crippen molar-refractivity contribution >= 4 is 17.4 Å². The molecule has 2 atom stereocenters. The Hall–Kier alpha value is -1.92. The van der Waals surface area contributed by atoms with Crippen LogP contribution in [0.4, 0.5) is 4.79 Å². The zero-order valence-electron chi connectivity index (χ0n) is 13.6. The SMILES string of the molecule is O=C(NCc1csc(-c2ccccc2)n1)NC1CCCCC1CO. The van der Waals surface area contributed by atoms with Gasteiger partial charge in [0.1, 0.15) is 5.01 Å². The van der Waals surface area contributed by atoms with E-state index in [0.717, 1.165) is 41.9 Å².